The quantitative estimate of drug-likeness (QED) is 0.700. The zero-order chi connectivity index (χ0) is 9.10. The fourth-order valence-electron chi connectivity index (χ4n) is 1.37. The molecular formula is C11H13NS. The van der Waals surface area contributed by atoms with E-state index in [-0.39, 0.29) is 0 Å². The fraction of sp³-hybridized carbons (Fsp3) is 0.364. The number of aliphatic imine (C=N–C) groups is 1. The van der Waals surface area contributed by atoms with E-state index in [1.165, 1.54) is 17.0 Å². The average Bonchev–Trinajstić information content (AvgIpc) is 2.67. The predicted octanol–water partition coefficient (Wildman–Crippen LogP) is 2.96. The van der Waals surface area contributed by atoms with Crippen LogP contribution in [0.25, 0.3) is 0 Å². The maximum Gasteiger partial charge on any atom is 0.0980 e. The lowest BCUT2D eigenvalue weighted by Crippen LogP contribution is -1.99. The van der Waals surface area contributed by atoms with Crippen molar-refractivity contribution in [2.75, 3.05) is 6.54 Å². The van der Waals surface area contributed by atoms with Crippen LogP contribution < -0.4 is 0 Å². The van der Waals surface area contributed by atoms with Crippen molar-refractivity contribution in [2.24, 2.45) is 4.99 Å². The highest BCUT2D eigenvalue weighted by molar-refractivity contribution is 8.15. The van der Waals surface area contributed by atoms with Crippen LogP contribution in [0.4, 0.5) is 0 Å². The van der Waals surface area contributed by atoms with Crippen LogP contribution >= 0.6 is 11.8 Å². The number of nitrogens with zero attached hydrogens (tertiary/aromatic N) is 1. The molecule has 0 amide bonds. The maximum absolute atomic E-state index is 4.54. The van der Waals surface area contributed by atoms with Gasteiger partial charge in [-0.15, -0.1) is 11.8 Å². The summed E-state index contributed by atoms with van der Waals surface area (Å²) in [6.07, 6.45) is 1.21. The van der Waals surface area contributed by atoms with Gasteiger partial charge < -0.3 is 0 Å². The Morgan fingerprint density at radius 2 is 2.15 bits per heavy atom. The maximum atomic E-state index is 4.54. The summed E-state index contributed by atoms with van der Waals surface area (Å²) in [5, 5.41) is 1.92. The molecule has 0 spiro atoms. The number of thioether (sulfide) groups is 1. The molecule has 13 heavy (non-hydrogen) atoms. The van der Waals surface area contributed by atoms with Gasteiger partial charge in [-0.25, -0.2) is 0 Å². The lowest BCUT2D eigenvalue weighted by atomic mass is 10.2. The van der Waals surface area contributed by atoms with Crippen LogP contribution in [-0.2, 0) is 0 Å². The van der Waals surface area contributed by atoms with Crippen molar-refractivity contribution in [1.29, 1.82) is 0 Å². The van der Waals surface area contributed by atoms with E-state index in [9.17, 15) is 0 Å². The Morgan fingerprint density at radius 3 is 2.77 bits per heavy atom. The second-order valence-electron chi connectivity index (χ2n) is 3.16. The molecule has 0 unspecified atom stereocenters. The average molecular weight is 191 g/mol. The van der Waals surface area contributed by atoms with Crippen LogP contribution in [0.5, 0.6) is 0 Å². The molecule has 1 aromatic carbocycles. The van der Waals surface area contributed by atoms with Gasteiger partial charge in [0.15, 0.2) is 0 Å². The number of rotatable bonds is 2. The van der Waals surface area contributed by atoms with E-state index < -0.39 is 0 Å². The lowest BCUT2D eigenvalue weighted by Gasteiger charge is -2.03. The fourth-order valence-corrected chi connectivity index (χ4v) is 2.42. The van der Waals surface area contributed by atoms with E-state index in [0.29, 0.717) is 5.25 Å². The Kier molecular flexibility index (Phi) is 2.69. The molecule has 0 saturated heterocycles. The molecule has 1 atom stereocenters. The smallest absolute Gasteiger partial charge is 0.0980 e. The third-order valence-corrected chi connectivity index (χ3v) is 3.60. The molecule has 0 aliphatic carbocycles. The van der Waals surface area contributed by atoms with E-state index in [2.05, 4.69) is 36.2 Å². The van der Waals surface area contributed by atoms with Crippen molar-refractivity contribution in [3.8, 4) is 0 Å². The summed E-state index contributed by atoms with van der Waals surface area (Å²) in [7, 11) is 0. The van der Waals surface area contributed by atoms with Crippen LogP contribution in [0.15, 0.2) is 35.3 Å². The van der Waals surface area contributed by atoms with Crippen molar-refractivity contribution in [3.05, 3.63) is 35.9 Å². The zero-order valence-electron chi connectivity index (χ0n) is 7.73. The highest BCUT2D eigenvalue weighted by atomic mass is 32.2. The molecule has 0 N–H and O–H groups in total. The first kappa shape index (κ1) is 8.82. The van der Waals surface area contributed by atoms with Gasteiger partial charge >= 0.3 is 0 Å². The Hall–Kier alpha value is -0.760. The molecule has 2 heteroatoms. The topological polar surface area (TPSA) is 12.4 Å². The second kappa shape index (κ2) is 3.97. The largest absolute Gasteiger partial charge is 0.277 e. The van der Waals surface area contributed by atoms with Gasteiger partial charge in [0.1, 0.15) is 0 Å². The van der Waals surface area contributed by atoms with E-state index in [1.54, 1.807) is 0 Å². The SMILES string of the molecule is CC[C@H]1CN=C(c2ccccc2)S1. The van der Waals surface area contributed by atoms with Crippen molar-refractivity contribution in [2.45, 2.75) is 18.6 Å². The first-order valence-corrected chi connectivity index (χ1v) is 5.54. The van der Waals surface area contributed by atoms with Crippen molar-refractivity contribution in [1.82, 2.24) is 0 Å². The summed E-state index contributed by atoms with van der Waals surface area (Å²) in [5.74, 6) is 0. The Morgan fingerprint density at radius 1 is 1.38 bits per heavy atom. The molecule has 1 heterocycles. The lowest BCUT2D eigenvalue weighted by molar-refractivity contribution is 0.844. The van der Waals surface area contributed by atoms with Gasteiger partial charge in [0.2, 0.25) is 0 Å². The van der Waals surface area contributed by atoms with Gasteiger partial charge in [0.25, 0.3) is 0 Å². The first-order chi connectivity index (χ1) is 6.40. The van der Waals surface area contributed by atoms with Crippen molar-refractivity contribution >= 4 is 16.8 Å². The third kappa shape index (κ3) is 1.94. The van der Waals surface area contributed by atoms with E-state index in [0.717, 1.165) is 6.54 Å². The van der Waals surface area contributed by atoms with Gasteiger partial charge in [-0.3, -0.25) is 4.99 Å². The predicted molar refractivity (Wildman–Crippen MR) is 59.5 cm³/mol. The minimum Gasteiger partial charge on any atom is -0.277 e. The van der Waals surface area contributed by atoms with E-state index in [1.807, 2.05) is 17.8 Å². The normalized spacial score (nSPS) is 21.6. The number of benzene rings is 1. The van der Waals surface area contributed by atoms with Crippen LogP contribution in [0, 0.1) is 0 Å². The van der Waals surface area contributed by atoms with Gasteiger partial charge in [-0.1, -0.05) is 37.3 Å². The van der Waals surface area contributed by atoms with Crippen LogP contribution in [0.3, 0.4) is 0 Å². The van der Waals surface area contributed by atoms with Crippen molar-refractivity contribution in [3.63, 3.8) is 0 Å². The molecular weight excluding hydrogens is 178 g/mol. The monoisotopic (exact) mass is 191 g/mol. The Bertz CT molecular complexity index is 305. The number of hydrogen-bond acceptors (Lipinski definition) is 2. The molecule has 2 rings (SSSR count). The molecule has 1 aliphatic rings. The van der Waals surface area contributed by atoms with Crippen molar-refractivity contribution < 1.29 is 0 Å². The summed E-state index contributed by atoms with van der Waals surface area (Å²) in [5.41, 5.74) is 1.27. The molecule has 68 valence electrons. The van der Waals surface area contributed by atoms with E-state index >= 15 is 0 Å². The summed E-state index contributed by atoms with van der Waals surface area (Å²) in [6, 6.07) is 10.4. The molecule has 0 aromatic heterocycles. The third-order valence-electron chi connectivity index (χ3n) is 2.19. The van der Waals surface area contributed by atoms with Gasteiger partial charge in [-0.2, -0.15) is 0 Å². The van der Waals surface area contributed by atoms with Crippen LogP contribution in [-0.4, -0.2) is 16.8 Å². The molecule has 1 nitrogen and oxygen atoms in total. The number of hydrogen-bond donors (Lipinski definition) is 0. The molecule has 1 aliphatic heterocycles. The summed E-state index contributed by atoms with van der Waals surface area (Å²) >= 11 is 1.91. The standard InChI is InChI=1S/C11H13NS/c1-2-10-8-12-11(13-10)9-6-4-3-5-7-9/h3-7,10H,2,8H2,1H3/t10-/m0/s1. The van der Waals surface area contributed by atoms with Gasteiger partial charge in [0, 0.05) is 10.8 Å². The Balaban J connectivity index is 2.12. The zero-order valence-corrected chi connectivity index (χ0v) is 8.55. The molecule has 1 aromatic rings. The highest BCUT2D eigenvalue weighted by Crippen LogP contribution is 2.27. The molecule has 0 fully saturated rings. The van der Waals surface area contributed by atoms with Crippen LogP contribution in [0.2, 0.25) is 0 Å². The van der Waals surface area contributed by atoms with Gasteiger partial charge in [-0.05, 0) is 6.42 Å². The van der Waals surface area contributed by atoms with Crippen LogP contribution in [0.1, 0.15) is 18.9 Å². The molecule has 0 bridgehead atoms. The minimum absolute atomic E-state index is 0.704. The second-order valence-corrected chi connectivity index (χ2v) is 4.45. The molecule has 0 radical (unpaired) electrons. The van der Waals surface area contributed by atoms with Gasteiger partial charge in [0.05, 0.1) is 11.6 Å². The summed E-state index contributed by atoms with van der Waals surface area (Å²) in [6.45, 7) is 3.21. The Labute approximate surface area is 83.3 Å². The molecule has 0 saturated carbocycles. The van der Waals surface area contributed by atoms with E-state index in [4.69, 9.17) is 0 Å². The summed E-state index contributed by atoms with van der Waals surface area (Å²) < 4.78 is 0. The highest BCUT2D eigenvalue weighted by Gasteiger charge is 2.18. The minimum atomic E-state index is 0.704. The first-order valence-electron chi connectivity index (χ1n) is 4.66. The summed E-state index contributed by atoms with van der Waals surface area (Å²) in [4.78, 5) is 4.54.